The molecule has 0 bridgehead atoms. The van der Waals surface area contributed by atoms with Crippen LogP contribution in [0.4, 0.5) is 0 Å². The second kappa shape index (κ2) is 6.96. The van der Waals surface area contributed by atoms with Gasteiger partial charge >= 0.3 is 0 Å². The number of carbonyl (C=O) groups is 1. The number of carbonyl (C=O) groups excluding carboxylic acids is 1. The number of Topliss-reactive ketones (excluding diaryl/α,β-unsaturated/α-hetero) is 1. The Hall–Kier alpha value is -0.630. The number of hydrogen-bond acceptors (Lipinski definition) is 2. The lowest BCUT2D eigenvalue weighted by Gasteiger charge is -2.59. The summed E-state index contributed by atoms with van der Waals surface area (Å²) in [6.07, 6.45) is 9.31. The second-order valence-electron chi connectivity index (χ2n) is 11.6. The third kappa shape index (κ3) is 3.22. The van der Waals surface area contributed by atoms with E-state index in [1.165, 1.54) is 18.4 Å². The zero-order valence-electron chi connectivity index (χ0n) is 20.7. The first-order valence-electron chi connectivity index (χ1n) is 12.7. The van der Waals surface area contributed by atoms with Crippen molar-refractivity contribution in [1.29, 1.82) is 0 Å². The van der Waals surface area contributed by atoms with Crippen LogP contribution < -0.4 is 0 Å². The van der Waals surface area contributed by atoms with Gasteiger partial charge in [0.2, 0.25) is 0 Å². The number of allylic oxidation sites excluding steroid dienone is 1. The molecule has 0 aromatic heterocycles. The summed E-state index contributed by atoms with van der Waals surface area (Å²) in [6.45, 7) is 10.7. The molecule has 4 aliphatic carbocycles. The summed E-state index contributed by atoms with van der Waals surface area (Å²) in [6, 6.07) is 0. The first-order chi connectivity index (χ1) is 13.8. The van der Waals surface area contributed by atoms with E-state index >= 15 is 0 Å². The van der Waals surface area contributed by atoms with Gasteiger partial charge in [0.05, 0.1) is 5.60 Å². The number of rotatable bonds is 4. The summed E-state index contributed by atoms with van der Waals surface area (Å²) >= 11 is 0. The molecule has 3 fully saturated rings. The third-order valence-corrected chi connectivity index (χ3v) is 9.74. The molecule has 0 saturated heterocycles. The van der Waals surface area contributed by atoms with Gasteiger partial charge in [-0.2, -0.15) is 0 Å². The zero-order valence-corrected chi connectivity index (χ0v) is 18.7. The van der Waals surface area contributed by atoms with E-state index in [-0.39, 0.29) is 22.5 Å². The van der Waals surface area contributed by atoms with E-state index in [1.807, 2.05) is 13.0 Å². The monoisotopic (exact) mass is 388 g/mol. The van der Waals surface area contributed by atoms with Crippen molar-refractivity contribution in [2.75, 3.05) is 0 Å². The Bertz CT molecular complexity index is 741. The molecule has 0 aromatic carbocycles. The largest absolute Gasteiger partial charge is 0.390 e. The van der Waals surface area contributed by atoms with Crippen LogP contribution in [0.3, 0.4) is 0 Å². The van der Waals surface area contributed by atoms with Gasteiger partial charge in [0.1, 0.15) is 5.78 Å². The smallest absolute Gasteiger partial charge is 0.129 e. The Labute approximate surface area is 175 Å². The van der Waals surface area contributed by atoms with Crippen molar-refractivity contribution >= 4 is 5.78 Å². The Kier molecular flexibility index (Phi) is 4.52. The van der Waals surface area contributed by atoms with E-state index in [4.69, 9.17) is 2.74 Å². The first kappa shape index (κ1) is 18.2. The van der Waals surface area contributed by atoms with Crippen LogP contribution in [0.2, 0.25) is 0 Å². The zero-order chi connectivity index (χ0) is 22.1. The van der Waals surface area contributed by atoms with Crippen LogP contribution in [0, 0.1) is 40.4 Å². The minimum atomic E-state index is -1.29. The minimum absolute atomic E-state index is 0.0399. The molecule has 0 spiro atoms. The van der Waals surface area contributed by atoms with Crippen LogP contribution in [0.1, 0.15) is 102 Å². The Morgan fingerprint density at radius 3 is 2.68 bits per heavy atom. The standard InChI is InChI=1S/C26H42O2/c1-17(6-7-18(2)27)21-10-11-22-20-9-8-19-16-24(3,28)14-15-25(19,4)23(20)12-13-26(21,22)5/h8,17,20-23,28H,6-7,9-16H2,1-5H3/t17-,20+,21-,22+,23+,24+,25+,26-/m1/s1/i9D2. The molecule has 4 aliphatic rings. The molecular weight excluding hydrogens is 344 g/mol. The van der Waals surface area contributed by atoms with E-state index in [0.717, 1.165) is 32.1 Å². The molecular formula is C26H42O2. The SMILES string of the molecule is [2H]C1([2H])C=C2C[C@@](C)(O)CC[C@]2(C)[C@H]2CC[C@]3(C)[C@@H]([C@H](C)CCC(C)=O)CC[C@H]3[C@@H]21. The Balaban J connectivity index is 1.65. The van der Waals surface area contributed by atoms with Crippen LogP contribution in [0.15, 0.2) is 11.6 Å². The van der Waals surface area contributed by atoms with Crippen molar-refractivity contribution in [2.45, 2.75) is 104 Å². The van der Waals surface area contributed by atoms with Gasteiger partial charge in [-0.3, -0.25) is 0 Å². The molecule has 0 radical (unpaired) electrons. The van der Waals surface area contributed by atoms with Gasteiger partial charge < -0.3 is 9.90 Å². The second-order valence-corrected chi connectivity index (χ2v) is 11.6. The van der Waals surface area contributed by atoms with Gasteiger partial charge in [-0.25, -0.2) is 0 Å². The fraction of sp³-hybridized carbons (Fsp3) is 0.885. The molecule has 1 N–H and O–H groups in total. The highest BCUT2D eigenvalue weighted by molar-refractivity contribution is 5.75. The summed E-state index contributed by atoms with van der Waals surface area (Å²) < 4.78 is 18.2. The van der Waals surface area contributed by atoms with Gasteiger partial charge in [0.15, 0.2) is 0 Å². The molecule has 28 heavy (non-hydrogen) atoms. The highest BCUT2D eigenvalue weighted by Crippen LogP contribution is 2.67. The van der Waals surface area contributed by atoms with E-state index in [2.05, 4.69) is 20.8 Å². The molecule has 158 valence electrons. The number of fused-ring (bicyclic) bond motifs is 5. The average molecular weight is 389 g/mol. The van der Waals surface area contributed by atoms with Crippen LogP contribution in [0.25, 0.3) is 0 Å². The van der Waals surface area contributed by atoms with Crippen molar-refractivity contribution in [3.8, 4) is 0 Å². The van der Waals surface area contributed by atoms with Crippen molar-refractivity contribution < 1.29 is 12.6 Å². The summed E-state index contributed by atoms with van der Waals surface area (Å²) in [5, 5.41) is 10.7. The van der Waals surface area contributed by atoms with Gasteiger partial charge in [-0.1, -0.05) is 32.4 Å². The number of aliphatic hydroxyl groups is 1. The van der Waals surface area contributed by atoms with Crippen molar-refractivity contribution in [3.05, 3.63) is 11.6 Å². The summed E-state index contributed by atoms with van der Waals surface area (Å²) in [7, 11) is 0. The maximum atomic E-state index is 11.5. The summed E-state index contributed by atoms with van der Waals surface area (Å²) in [5.74, 6) is 2.30. The predicted octanol–water partition coefficient (Wildman–Crippen LogP) is 6.32. The quantitative estimate of drug-likeness (QED) is 0.572. The van der Waals surface area contributed by atoms with Gasteiger partial charge in [0.25, 0.3) is 0 Å². The Morgan fingerprint density at radius 1 is 1.21 bits per heavy atom. The Morgan fingerprint density at radius 2 is 1.96 bits per heavy atom. The maximum absolute atomic E-state index is 11.5. The third-order valence-electron chi connectivity index (χ3n) is 9.74. The molecule has 4 rings (SSSR count). The minimum Gasteiger partial charge on any atom is -0.390 e. The summed E-state index contributed by atoms with van der Waals surface area (Å²) in [4.78, 5) is 11.5. The predicted molar refractivity (Wildman–Crippen MR) is 115 cm³/mol. The van der Waals surface area contributed by atoms with Crippen molar-refractivity contribution in [1.82, 2.24) is 0 Å². The lowest BCUT2D eigenvalue weighted by Crippen LogP contribution is -2.52. The molecule has 0 amide bonds. The van der Waals surface area contributed by atoms with Crippen molar-refractivity contribution in [3.63, 3.8) is 0 Å². The number of hydrogen-bond donors (Lipinski definition) is 1. The van der Waals surface area contributed by atoms with E-state index in [9.17, 15) is 9.90 Å². The lowest BCUT2D eigenvalue weighted by molar-refractivity contribution is -0.117. The van der Waals surface area contributed by atoms with Gasteiger partial charge in [-0.15, -0.1) is 0 Å². The molecule has 0 heterocycles. The maximum Gasteiger partial charge on any atom is 0.129 e. The normalized spacial score (nSPS) is 51.7. The molecule has 3 saturated carbocycles. The van der Waals surface area contributed by atoms with E-state index in [0.29, 0.717) is 36.5 Å². The fourth-order valence-corrected chi connectivity index (χ4v) is 7.92. The highest BCUT2D eigenvalue weighted by atomic mass is 16.3. The van der Waals surface area contributed by atoms with Crippen LogP contribution in [0.5, 0.6) is 0 Å². The van der Waals surface area contributed by atoms with Gasteiger partial charge in [-0.05, 0) is 112 Å². The average Bonchev–Trinajstić information content (AvgIpc) is 2.98. The van der Waals surface area contributed by atoms with Crippen LogP contribution in [-0.2, 0) is 4.79 Å². The molecule has 0 aliphatic heterocycles. The molecule has 0 aromatic rings. The molecule has 2 nitrogen and oxygen atoms in total. The highest BCUT2D eigenvalue weighted by Gasteiger charge is 2.59. The topological polar surface area (TPSA) is 37.3 Å². The van der Waals surface area contributed by atoms with E-state index in [1.54, 1.807) is 6.92 Å². The molecule has 2 heteroatoms. The van der Waals surface area contributed by atoms with E-state index < -0.39 is 12.0 Å². The first-order valence-corrected chi connectivity index (χ1v) is 11.7. The molecule has 0 unspecified atom stereocenters. The molecule has 8 atom stereocenters. The van der Waals surface area contributed by atoms with Crippen LogP contribution in [-0.4, -0.2) is 16.5 Å². The fourth-order valence-electron chi connectivity index (χ4n) is 7.92. The van der Waals surface area contributed by atoms with Crippen LogP contribution >= 0.6 is 0 Å². The number of ketones is 1. The lowest BCUT2D eigenvalue weighted by atomic mass is 9.46. The van der Waals surface area contributed by atoms with Gasteiger partial charge in [0, 0.05) is 9.16 Å². The summed E-state index contributed by atoms with van der Waals surface area (Å²) in [5.41, 5.74) is 0.713. The van der Waals surface area contributed by atoms with Crippen molar-refractivity contribution in [2.24, 2.45) is 40.4 Å².